The lowest BCUT2D eigenvalue weighted by Crippen LogP contribution is -2.41. The van der Waals surface area contributed by atoms with E-state index in [1.807, 2.05) is 12.3 Å². The number of rotatable bonds is 6. The molecule has 1 aliphatic heterocycles. The molecule has 0 bridgehead atoms. The fraction of sp³-hybridized carbons (Fsp3) is 0.333. The number of piperidine rings is 1. The van der Waals surface area contributed by atoms with Crippen LogP contribution in [-0.2, 0) is 11.3 Å². The van der Waals surface area contributed by atoms with Crippen LogP contribution in [0.1, 0.15) is 24.1 Å². The lowest BCUT2D eigenvalue weighted by Gasteiger charge is -2.33. The summed E-state index contributed by atoms with van der Waals surface area (Å²) in [6.45, 7) is 2.92. The van der Waals surface area contributed by atoms with Gasteiger partial charge in [-0.25, -0.2) is 10.5 Å². The summed E-state index contributed by atoms with van der Waals surface area (Å²) in [5.41, 5.74) is 3.29. The van der Waals surface area contributed by atoms with Crippen molar-refractivity contribution in [2.24, 2.45) is 0 Å². The molecule has 0 aliphatic carbocycles. The lowest BCUT2D eigenvalue weighted by molar-refractivity contribution is -0.124. The Bertz CT molecular complexity index is 749. The number of aromatic nitrogens is 3. The minimum absolute atomic E-state index is 0. The largest absolute Gasteiger partial charge is 0.365 e. The second kappa shape index (κ2) is 14.1. The van der Waals surface area contributed by atoms with E-state index < -0.39 is 5.91 Å². The number of nitrogens with zero attached hydrogens (tertiary/aromatic N) is 4. The number of carbonyl (C=O) groups excluding carboxylic acids is 1. The van der Waals surface area contributed by atoms with Crippen molar-refractivity contribution in [3.8, 4) is 0 Å². The monoisotopic (exact) mass is 462 g/mol. The zero-order valence-corrected chi connectivity index (χ0v) is 18.1. The maximum atomic E-state index is 11.0. The fourth-order valence-electron chi connectivity index (χ4n) is 2.97. The quantitative estimate of drug-likeness (QED) is 0.344. The Kier molecular flexibility index (Phi) is 13.1. The topological polar surface area (TPSA) is 103 Å². The molecule has 0 spiro atoms. The average Bonchev–Trinajstić information content (AvgIpc) is 2.68. The molecule has 0 aromatic carbocycles. The molecule has 2 aromatic rings. The number of carbonyl (C=O) groups is 1. The van der Waals surface area contributed by atoms with Crippen molar-refractivity contribution >= 4 is 55.0 Å². The fourth-order valence-corrected chi connectivity index (χ4v) is 2.97. The minimum atomic E-state index is -0.607. The van der Waals surface area contributed by atoms with Gasteiger partial charge in [-0.1, -0.05) is 6.07 Å². The van der Waals surface area contributed by atoms with E-state index in [0.29, 0.717) is 17.6 Å². The van der Waals surface area contributed by atoms with Crippen LogP contribution in [0.25, 0.3) is 6.08 Å². The molecule has 0 unspecified atom stereocenters. The van der Waals surface area contributed by atoms with Gasteiger partial charge in [0, 0.05) is 37.6 Å². The van der Waals surface area contributed by atoms with Crippen LogP contribution in [0.2, 0.25) is 0 Å². The first-order valence-corrected chi connectivity index (χ1v) is 8.55. The van der Waals surface area contributed by atoms with E-state index in [4.69, 9.17) is 5.21 Å². The van der Waals surface area contributed by atoms with E-state index >= 15 is 0 Å². The SMILES string of the molecule is Cl.Cl.Cl.O=C(C=Cc1cnc(N[C@@H]2CCCN(Cc3cccnc3)C2)cn1)NO. The summed E-state index contributed by atoms with van der Waals surface area (Å²) < 4.78 is 0. The van der Waals surface area contributed by atoms with Gasteiger partial charge in [0.05, 0.1) is 18.1 Å². The number of anilines is 1. The molecule has 3 heterocycles. The maximum Gasteiger partial charge on any atom is 0.267 e. The summed E-state index contributed by atoms with van der Waals surface area (Å²) in [6.07, 6.45) is 11.8. The van der Waals surface area contributed by atoms with Gasteiger partial charge in [-0.2, -0.15) is 0 Å². The number of pyridine rings is 1. The highest BCUT2D eigenvalue weighted by atomic mass is 35.5. The molecule has 160 valence electrons. The van der Waals surface area contributed by atoms with E-state index in [0.717, 1.165) is 32.5 Å². The predicted molar refractivity (Wildman–Crippen MR) is 119 cm³/mol. The van der Waals surface area contributed by atoms with Gasteiger partial charge in [0.2, 0.25) is 0 Å². The van der Waals surface area contributed by atoms with Gasteiger partial charge in [0.1, 0.15) is 5.82 Å². The van der Waals surface area contributed by atoms with Gasteiger partial charge >= 0.3 is 0 Å². The molecule has 1 amide bonds. The van der Waals surface area contributed by atoms with Crippen molar-refractivity contribution < 1.29 is 10.0 Å². The van der Waals surface area contributed by atoms with Crippen molar-refractivity contribution in [2.45, 2.75) is 25.4 Å². The number of hydrogen-bond donors (Lipinski definition) is 3. The Labute approximate surface area is 188 Å². The third-order valence-corrected chi connectivity index (χ3v) is 4.17. The highest BCUT2D eigenvalue weighted by Gasteiger charge is 2.20. The van der Waals surface area contributed by atoms with E-state index in [2.05, 4.69) is 31.2 Å². The number of amides is 1. The van der Waals surface area contributed by atoms with Crippen LogP contribution in [0.3, 0.4) is 0 Å². The van der Waals surface area contributed by atoms with Crippen LogP contribution in [-0.4, -0.2) is 50.1 Å². The van der Waals surface area contributed by atoms with Crippen molar-refractivity contribution in [3.63, 3.8) is 0 Å². The first-order chi connectivity index (χ1) is 12.7. The van der Waals surface area contributed by atoms with Crippen molar-refractivity contribution in [3.05, 3.63) is 54.3 Å². The second-order valence-corrected chi connectivity index (χ2v) is 6.22. The Morgan fingerprint density at radius 2 is 2.07 bits per heavy atom. The average molecular weight is 464 g/mol. The van der Waals surface area contributed by atoms with Crippen LogP contribution in [0.15, 0.2) is 43.0 Å². The summed E-state index contributed by atoms with van der Waals surface area (Å²) in [6, 6.07) is 4.38. The molecule has 8 nitrogen and oxygen atoms in total. The van der Waals surface area contributed by atoms with Crippen LogP contribution in [0.5, 0.6) is 0 Å². The Hall–Kier alpha value is -1.97. The molecule has 3 rings (SSSR count). The van der Waals surface area contributed by atoms with E-state index in [9.17, 15) is 4.79 Å². The van der Waals surface area contributed by atoms with Gasteiger partial charge in [0.25, 0.3) is 5.91 Å². The Morgan fingerprint density at radius 1 is 1.24 bits per heavy atom. The number of likely N-dealkylation sites (tertiary alicyclic amines) is 1. The summed E-state index contributed by atoms with van der Waals surface area (Å²) in [7, 11) is 0. The van der Waals surface area contributed by atoms with Gasteiger partial charge in [0.15, 0.2) is 0 Å². The maximum absolute atomic E-state index is 11.0. The third kappa shape index (κ3) is 8.93. The Morgan fingerprint density at radius 3 is 2.72 bits per heavy atom. The lowest BCUT2D eigenvalue weighted by atomic mass is 10.1. The minimum Gasteiger partial charge on any atom is -0.365 e. The number of hydrogen-bond acceptors (Lipinski definition) is 7. The van der Waals surface area contributed by atoms with Crippen LogP contribution in [0.4, 0.5) is 5.82 Å². The normalized spacial score (nSPS) is 16.1. The van der Waals surface area contributed by atoms with Gasteiger partial charge in [-0.3, -0.25) is 24.9 Å². The molecule has 1 atom stereocenters. The summed E-state index contributed by atoms with van der Waals surface area (Å²) in [5.74, 6) is 0.104. The smallest absolute Gasteiger partial charge is 0.267 e. The summed E-state index contributed by atoms with van der Waals surface area (Å²) in [4.78, 5) is 26.1. The molecule has 1 saturated heterocycles. The molecule has 0 saturated carbocycles. The second-order valence-electron chi connectivity index (χ2n) is 6.22. The predicted octanol–water partition coefficient (Wildman–Crippen LogP) is 2.73. The molecule has 3 N–H and O–H groups in total. The van der Waals surface area contributed by atoms with Crippen molar-refractivity contribution in [2.75, 3.05) is 18.4 Å². The molecule has 29 heavy (non-hydrogen) atoms. The number of nitrogens with one attached hydrogen (secondary N) is 2. The third-order valence-electron chi connectivity index (χ3n) is 4.17. The van der Waals surface area contributed by atoms with E-state index in [-0.39, 0.29) is 37.2 Å². The highest BCUT2D eigenvalue weighted by Crippen LogP contribution is 2.16. The first-order valence-electron chi connectivity index (χ1n) is 8.55. The van der Waals surface area contributed by atoms with E-state index in [1.54, 1.807) is 18.6 Å². The first kappa shape index (κ1) is 27.0. The molecule has 1 fully saturated rings. The van der Waals surface area contributed by atoms with Gasteiger partial charge < -0.3 is 5.32 Å². The molecule has 2 aromatic heterocycles. The van der Waals surface area contributed by atoms with E-state index in [1.165, 1.54) is 23.2 Å². The molecule has 0 radical (unpaired) electrons. The van der Waals surface area contributed by atoms with Crippen LogP contribution < -0.4 is 10.8 Å². The standard InChI is InChI=1S/C18H22N6O2.3ClH/c25-18(23-26)6-5-15-10-21-17(11-20-15)22-16-4-2-8-24(13-16)12-14-3-1-7-19-9-14;;;/h1,3,5-7,9-11,16,26H,2,4,8,12-13H2,(H,21,22)(H,23,25);3*1H/t16-;;;/m1.../s1. The molecule has 1 aliphatic rings. The number of hydroxylamine groups is 1. The zero-order chi connectivity index (χ0) is 18.2. The number of halogens is 3. The molecular weight excluding hydrogens is 439 g/mol. The van der Waals surface area contributed by atoms with Crippen molar-refractivity contribution in [1.82, 2.24) is 25.3 Å². The summed E-state index contributed by atoms with van der Waals surface area (Å²) in [5, 5.41) is 11.9. The summed E-state index contributed by atoms with van der Waals surface area (Å²) >= 11 is 0. The molecule has 11 heteroatoms. The zero-order valence-electron chi connectivity index (χ0n) is 15.6. The van der Waals surface area contributed by atoms with Crippen LogP contribution in [0, 0.1) is 0 Å². The van der Waals surface area contributed by atoms with Crippen molar-refractivity contribution in [1.29, 1.82) is 0 Å². The van der Waals surface area contributed by atoms with Gasteiger partial charge in [-0.05, 0) is 37.1 Å². The highest BCUT2D eigenvalue weighted by molar-refractivity contribution is 5.90. The Balaban J connectivity index is 0.00000261. The van der Waals surface area contributed by atoms with Gasteiger partial charge in [-0.15, -0.1) is 37.2 Å². The van der Waals surface area contributed by atoms with Crippen LogP contribution >= 0.6 is 37.2 Å². The molecular formula is C18H25Cl3N6O2.